The molecule has 2 atom stereocenters. The number of carbonyl (C=O) groups excluding carboxylic acids is 3. The van der Waals surface area contributed by atoms with Gasteiger partial charge in [-0.2, -0.15) is 0 Å². The molecule has 0 fully saturated rings. The first-order valence-electron chi connectivity index (χ1n) is 12.6. The predicted molar refractivity (Wildman–Crippen MR) is 152 cm³/mol. The highest BCUT2D eigenvalue weighted by atomic mass is 32.2. The summed E-state index contributed by atoms with van der Waals surface area (Å²) in [6, 6.07) is 16.7. The van der Waals surface area contributed by atoms with Gasteiger partial charge in [-0.1, -0.05) is 42.0 Å². The molecule has 0 unspecified atom stereocenters. The van der Waals surface area contributed by atoms with Gasteiger partial charge in [-0.15, -0.1) is 0 Å². The summed E-state index contributed by atoms with van der Waals surface area (Å²) < 4.78 is 39.6. The zero-order valence-electron chi connectivity index (χ0n) is 22.9. The third-order valence-electron chi connectivity index (χ3n) is 5.74. The molecule has 0 saturated carbocycles. The first-order chi connectivity index (χ1) is 18.8. The van der Waals surface area contributed by atoms with Crippen LogP contribution in [0.3, 0.4) is 0 Å². The highest BCUT2D eigenvalue weighted by molar-refractivity contribution is 7.86. The van der Waals surface area contributed by atoms with Crippen molar-refractivity contribution in [1.29, 1.82) is 0 Å². The van der Waals surface area contributed by atoms with E-state index in [0.29, 0.717) is 16.8 Å². The van der Waals surface area contributed by atoms with Crippen LogP contribution in [-0.2, 0) is 31.7 Å². The van der Waals surface area contributed by atoms with E-state index in [1.807, 2.05) is 39.8 Å². The molecule has 0 aliphatic heterocycles. The quantitative estimate of drug-likeness (QED) is 0.372. The number of hydrogen-bond acceptors (Lipinski definition) is 4. The van der Waals surface area contributed by atoms with E-state index >= 15 is 0 Å². The van der Waals surface area contributed by atoms with E-state index in [-0.39, 0.29) is 6.54 Å². The summed E-state index contributed by atoms with van der Waals surface area (Å²) in [5.74, 6) is -3.58. The molecule has 0 heterocycles. The maximum absolute atomic E-state index is 13.7. The molecule has 0 radical (unpaired) electrons. The van der Waals surface area contributed by atoms with Crippen molar-refractivity contribution in [2.45, 2.75) is 45.8 Å². The normalized spacial score (nSPS) is 12.8. The van der Waals surface area contributed by atoms with E-state index in [0.717, 1.165) is 5.56 Å². The zero-order valence-corrected chi connectivity index (χ0v) is 23.7. The van der Waals surface area contributed by atoms with Gasteiger partial charge in [0, 0.05) is 28.6 Å². The molecule has 3 amide bonds. The second kappa shape index (κ2) is 13.4. The smallest absolute Gasteiger partial charge is 0.247 e. The topological polar surface area (TPSA) is 95.6 Å². The van der Waals surface area contributed by atoms with Crippen molar-refractivity contribution >= 4 is 34.2 Å². The fourth-order valence-electron chi connectivity index (χ4n) is 3.92. The molecule has 3 rings (SSSR count). The lowest BCUT2D eigenvalue weighted by Crippen LogP contribution is -2.50. The maximum atomic E-state index is 13.7. The van der Waals surface area contributed by atoms with Crippen LogP contribution in [0, 0.1) is 18.6 Å². The lowest BCUT2D eigenvalue weighted by atomic mass is 10.00. The number of benzene rings is 3. The average molecular weight is 570 g/mol. The minimum atomic E-state index is -1.92. The molecule has 0 spiro atoms. The standard InChI is InChI=1S/C30H33F2N3O4S/c1-20-5-9-22(10-6-20)28(29(38)34-30(2,3)4)35(17-21-7-11-23(31)12-8-21)27(37)19-40(39)18-26(36)33-25-15-13-24(32)14-16-25/h5-16,28H,17-19H2,1-4H3,(H,33,36)(H,34,38)/t28-,40+/m0/s1. The molecule has 10 heteroatoms. The number of carbonyl (C=O) groups is 3. The van der Waals surface area contributed by atoms with Gasteiger partial charge in [-0.25, -0.2) is 8.78 Å². The number of aryl methyl sites for hydroxylation is 1. The first-order valence-corrected chi connectivity index (χ1v) is 14.1. The second-order valence-corrected chi connectivity index (χ2v) is 11.9. The molecule has 40 heavy (non-hydrogen) atoms. The van der Waals surface area contributed by atoms with Crippen LogP contribution in [-0.4, -0.2) is 43.9 Å². The number of hydrogen-bond donors (Lipinski definition) is 2. The van der Waals surface area contributed by atoms with Gasteiger partial charge in [0.25, 0.3) is 0 Å². The second-order valence-electron chi connectivity index (χ2n) is 10.5. The minimum absolute atomic E-state index is 0.0613. The van der Waals surface area contributed by atoms with E-state index in [9.17, 15) is 27.4 Å². The van der Waals surface area contributed by atoms with Gasteiger partial charge in [-0.3, -0.25) is 18.6 Å². The van der Waals surface area contributed by atoms with Crippen LogP contribution in [0.15, 0.2) is 72.8 Å². The first kappa shape index (κ1) is 30.6. The molecule has 3 aromatic rings. The van der Waals surface area contributed by atoms with Crippen molar-refractivity contribution in [3.63, 3.8) is 0 Å². The Hall–Kier alpha value is -3.92. The Bertz CT molecular complexity index is 1360. The lowest BCUT2D eigenvalue weighted by molar-refractivity contribution is -0.140. The maximum Gasteiger partial charge on any atom is 0.247 e. The number of anilines is 1. The van der Waals surface area contributed by atoms with Crippen LogP contribution in [0.4, 0.5) is 14.5 Å². The third kappa shape index (κ3) is 9.37. The van der Waals surface area contributed by atoms with Gasteiger partial charge in [0.15, 0.2) is 0 Å². The molecule has 0 aliphatic rings. The molecule has 0 aromatic heterocycles. The van der Waals surface area contributed by atoms with Crippen molar-refractivity contribution in [3.05, 3.63) is 101 Å². The van der Waals surface area contributed by atoms with Gasteiger partial charge in [0.2, 0.25) is 17.7 Å². The van der Waals surface area contributed by atoms with Gasteiger partial charge < -0.3 is 15.5 Å². The largest absolute Gasteiger partial charge is 0.349 e. The molecule has 0 aliphatic carbocycles. The van der Waals surface area contributed by atoms with Crippen LogP contribution < -0.4 is 10.6 Å². The van der Waals surface area contributed by atoms with Gasteiger partial charge in [0.1, 0.15) is 29.2 Å². The highest BCUT2D eigenvalue weighted by Gasteiger charge is 2.34. The number of nitrogens with one attached hydrogen (secondary N) is 2. The number of halogens is 2. The lowest BCUT2D eigenvalue weighted by Gasteiger charge is -2.34. The van der Waals surface area contributed by atoms with Crippen molar-refractivity contribution < 1.29 is 27.4 Å². The summed E-state index contributed by atoms with van der Waals surface area (Å²) in [5.41, 5.74) is 1.79. The third-order valence-corrected chi connectivity index (χ3v) is 6.90. The van der Waals surface area contributed by atoms with Gasteiger partial charge in [-0.05, 0) is 75.2 Å². The van der Waals surface area contributed by atoms with E-state index in [1.54, 1.807) is 12.1 Å². The zero-order chi connectivity index (χ0) is 29.4. The van der Waals surface area contributed by atoms with E-state index in [4.69, 9.17) is 0 Å². The van der Waals surface area contributed by atoms with Crippen molar-refractivity contribution in [2.24, 2.45) is 0 Å². The Morgan fingerprint density at radius 2 is 1.40 bits per heavy atom. The molecule has 7 nitrogen and oxygen atoms in total. The molecule has 0 bridgehead atoms. The molecule has 2 N–H and O–H groups in total. The Labute approximate surface area is 235 Å². The molecule has 3 aromatic carbocycles. The molecular formula is C30H33F2N3O4S. The predicted octanol–water partition coefficient (Wildman–Crippen LogP) is 4.65. The Morgan fingerprint density at radius 3 is 1.95 bits per heavy atom. The summed E-state index contributed by atoms with van der Waals surface area (Å²) >= 11 is 0. The van der Waals surface area contributed by atoms with Gasteiger partial charge in [0.05, 0.1) is 0 Å². The van der Waals surface area contributed by atoms with Crippen LogP contribution in [0.2, 0.25) is 0 Å². The summed E-state index contributed by atoms with van der Waals surface area (Å²) in [7, 11) is -1.92. The fraction of sp³-hybridized carbons (Fsp3) is 0.300. The summed E-state index contributed by atoms with van der Waals surface area (Å²) in [6.45, 7) is 7.29. The molecule has 212 valence electrons. The Morgan fingerprint density at radius 1 is 0.850 bits per heavy atom. The fourth-order valence-corrected chi connectivity index (χ4v) is 4.83. The van der Waals surface area contributed by atoms with Crippen molar-refractivity contribution in [1.82, 2.24) is 10.2 Å². The van der Waals surface area contributed by atoms with E-state index < -0.39 is 63.2 Å². The Kier molecular flexibility index (Phi) is 10.3. The summed E-state index contributed by atoms with van der Waals surface area (Å²) in [4.78, 5) is 41.0. The number of amides is 3. The summed E-state index contributed by atoms with van der Waals surface area (Å²) in [5, 5.41) is 5.44. The van der Waals surface area contributed by atoms with Gasteiger partial charge >= 0.3 is 0 Å². The van der Waals surface area contributed by atoms with Crippen LogP contribution in [0.5, 0.6) is 0 Å². The van der Waals surface area contributed by atoms with E-state index in [2.05, 4.69) is 10.6 Å². The Balaban J connectivity index is 1.88. The number of rotatable bonds is 10. The summed E-state index contributed by atoms with van der Waals surface area (Å²) in [6.07, 6.45) is 0. The van der Waals surface area contributed by atoms with Crippen molar-refractivity contribution in [2.75, 3.05) is 16.8 Å². The average Bonchev–Trinajstić information content (AvgIpc) is 2.86. The van der Waals surface area contributed by atoms with Crippen molar-refractivity contribution in [3.8, 4) is 0 Å². The molecular weight excluding hydrogens is 536 g/mol. The minimum Gasteiger partial charge on any atom is -0.349 e. The van der Waals surface area contributed by atoms with Crippen LogP contribution in [0.25, 0.3) is 0 Å². The van der Waals surface area contributed by atoms with Crippen LogP contribution in [0.1, 0.15) is 43.5 Å². The molecule has 0 saturated heterocycles. The SMILES string of the molecule is Cc1ccc([C@@H](C(=O)NC(C)(C)C)N(Cc2ccc(F)cc2)C(=O)C[S@](=O)CC(=O)Nc2ccc(F)cc2)cc1. The highest BCUT2D eigenvalue weighted by Crippen LogP contribution is 2.26. The van der Waals surface area contributed by atoms with Crippen LogP contribution >= 0.6 is 0 Å². The number of nitrogens with zero attached hydrogens (tertiary/aromatic N) is 1. The monoisotopic (exact) mass is 569 g/mol. The van der Waals surface area contributed by atoms with E-state index in [1.165, 1.54) is 53.4 Å².